The van der Waals surface area contributed by atoms with Gasteiger partial charge in [0.05, 0.1) is 28.7 Å². The first kappa shape index (κ1) is 20.3. The van der Waals surface area contributed by atoms with Crippen LogP contribution in [0.5, 0.6) is 0 Å². The lowest BCUT2D eigenvalue weighted by Gasteiger charge is -2.26. The molecule has 0 spiro atoms. The summed E-state index contributed by atoms with van der Waals surface area (Å²) in [4.78, 5) is 0.254. The average molecular weight is 437 g/mol. The molecule has 0 unspecified atom stereocenters. The number of sulfonamides is 2. The molecule has 1 saturated heterocycles. The summed E-state index contributed by atoms with van der Waals surface area (Å²) in [7, 11) is -7.51. The van der Waals surface area contributed by atoms with Crippen molar-refractivity contribution >= 4 is 25.7 Å². The molecule has 1 aliphatic heterocycles. The van der Waals surface area contributed by atoms with Gasteiger partial charge in [-0.2, -0.15) is 4.31 Å². The van der Waals surface area contributed by atoms with Crippen LogP contribution in [0.25, 0.3) is 0 Å². The lowest BCUT2D eigenvalue weighted by atomic mass is 9.92. The first-order chi connectivity index (χ1) is 13.9. The van der Waals surface area contributed by atoms with Gasteiger partial charge in [0.2, 0.25) is 10.0 Å². The standard InChI is InChI=1S/C20H24N2O5S2/c23-28(24,19-9-8-16-4-1-2-5-17(16)14-19)21-18-6-3-7-20(15-18)29(25,26)22-10-12-27-13-11-22/h3,6-9,14-15,21H,1-2,4-5,10-13H2. The van der Waals surface area contributed by atoms with Crippen molar-refractivity contribution in [1.29, 1.82) is 0 Å². The van der Waals surface area contributed by atoms with Crippen LogP contribution in [0.2, 0.25) is 0 Å². The lowest BCUT2D eigenvalue weighted by molar-refractivity contribution is 0.0730. The van der Waals surface area contributed by atoms with Gasteiger partial charge in [-0.3, -0.25) is 4.72 Å². The van der Waals surface area contributed by atoms with E-state index in [1.165, 1.54) is 28.1 Å². The zero-order valence-corrected chi connectivity index (χ0v) is 17.6. The van der Waals surface area contributed by atoms with E-state index < -0.39 is 20.0 Å². The van der Waals surface area contributed by atoms with Crippen molar-refractivity contribution in [3.8, 4) is 0 Å². The Labute approximate surface area is 171 Å². The van der Waals surface area contributed by atoms with Crippen LogP contribution in [-0.4, -0.2) is 47.4 Å². The molecule has 0 amide bonds. The third-order valence-electron chi connectivity index (χ3n) is 5.32. The Morgan fingerprint density at radius 3 is 2.31 bits per heavy atom. The largest absolute Gasteiger partial charge is 0.379 e. The fraction of sp³-hybridized carbons (Fsp3) is 0.400. The summed E-state index contributed by atoms with van der Waals surface area (Å²) >= 11 is 0. The topological polar surface area (TPSA) is 92.8 Å². The van der Waals surface area contributed by atoms with Crippen LogP contribution in [0.4, 0.5) is 5.69 Å². The number of nitrogens with zero attached hydrogens (tertiary/aromatic N) is 1. The van der Waals surface area contributed by atoms with Crippen molar-refractivity contribution in [2.45, 2.75) is 35.5 Å². The second kappa shape index (κ2) is 8.06. The van der Waals surface area contributed by atoms with E-state index >= 15 is 0 Å². The molecular weight excluding hydrogens is 412 g/mol. The minimum Gasteiger partial charge on any atom is -0.379 e. The average Bonchev–Trinajstić information content (AvgIpc) is 2.74. The van der Waals surface area contributed by atoms with Gasteiger partial charge in [0.25, 0.3) is 10.0 Å². The molecule has 0 saturated carbocycles. The van der Waals surface area contributed by atoms with Gasteiger partial charge in [0.1, 0.15) is 0 Å². The summed E-state index contributed by atoms with van der Waals surface area (Å²) in [5, 5.41) is 0. The molecule has 4 rings (SSSR count). The summed E-state index contributed by atoms with van der Waals surface area (Å²) in [6.07, 6.45) is 4.05. The summed E-state index contributed by atoms with van der Waals surface area (Å²) in [5.74, 6) is 0. The highest BCUT2D eigenvalue weighted by Gasteiger charge is 2.27. The first-order valence-electron chi connectivity index (χ1n) is 9.69. The van der Waals surface area contributed by atoms with Gasteiger partial charge in [0, 0.05) is 13.1 Å². The number of nitrogens with one attached hydrogen (secondary N) is 1. The Morgan fingerprint density at radius 2 is 1.55 bits per heavy atom. The molecule has 0 aromatic heterocycles. The van der Waals surface area contributed by atoms with Crippen molar-refractivity contribution in [2.75, 3.05) is 31.0 Å². The molecule has 0 atom stereocenters. The normalized spacial score (nSPS) is 18.2. The van der Waals surface area contributed by atoms with Crippen LogP contribution < -0.4 is 4.72 Å². The minimum absolute atomic E-state index is 0.0602. The minimum atomic E-state index is -3.81. The van der Waals surface area contributed by atoms with E-state index in [9.17, 15) is 16.8 Å². The molecule has 2 aromatic carbocycles. The zero-order valence-electron chi connectivity index (χ0n) is 16.0. The fourth-order valence-electron chi connectivity index (χ4n) is 3.75. The maximum Gasteiger partial charge on any atom is 0.261 e. The van der Waals surface area contributed by atoms with Gasteiger partial charge in [-0.05, 0) is 67.1 Å². The van der Waals surface area contributed by atoms with Crippen molar-refractivity contribution in [2.24, 2.45) is 0 Å². The zero-order chi connectivity index (χ0) is 20.5. The van der Waals surface area contributed by atoms with Crippen LogP contribution in [0.1, 0.15) is 24.0 Å². The van der Waals surface area contributed by atoms with Crippen LogP contribution in [0.3, 0.4) is 0 Å². The highest BCUT2D eigenvalue weighted by Crippen LogP contribution is 2.26. The summed E-state index contributed by atoms with van der Waals surface area (Å²) in [5.41, 5.74) is 2.49. The highest BCUT2D eigenvalue weighted by molar-refractivity contribution is 7.92. The number of hydrogen-bond acceptors (Lipinski definition) is 5. The molecule has 0 bridgehead atoms. The molecule has 1 N–H and O–H groups in total. The lowest BCUT2D eigenvalue weighted by Crippen LogP contribution is -2.40. The van der Waals surface area contributed by atoms with Crippen LogP contribution in [0, 0.1) is 0 Å². The van der Waals surface area contributed by atoms with Gasteiger partial charge in [0.15, 0.2) is 0 Å². The smallest absolute Gasteiger partial charge is 0.261 e. The maximum atomic E-state index is 12.9. The second-order valence-electron chi connectivity index (χ2n) is 7.29. The molecule has 1 fully saturated rings. The van der Waals surface area contributed by atoms with E-state index in [-0.39, 0.29) is 28.6 Å². The number of aryl methyl sites for hydroxylation is 2. The summed E-state index contributed by atoms with van der Waals surface area (Å²) < 4.78 is 60.5. The monoisotopic (exact) mass is 436 g/mol. The van der Waals surface area contributed by atoms with Gasteiger partial charge in [-0.1, -0.05) is 12.1 Å². The molecule has 156 valence electrons. The SMILES string of the molecule is O=S(=O)(Nc1cccc(S(=O)(=O)N2CCOCC2)c1)c1ccc2c(c1)CCCC2. The number of hydrogen-bond donors (Lipinski definition) is 1. The molecule has 9 heteroatoms. The van der Waals surface area contributed by atoms with Crippen LogP contribution in [-0.2, 0) is 37.6 Å². The number of anilines is 1. The third-order valence-corrected chi connectivity index (χ3v) is 8.60. The van der Waals surface area contributed by atoms with Crippen molar-refractivity contribution in [3.05, 3.63) is 53.6 Å². The van der Waals surface area contributed by atoms with Crippen LogP contribution >= 0.6 is 0 Å². The first-order valence-corrected chi connectivity index (χ1v) is 12.6. The Morgan fingerprint density at radius 1 is 0.828 bits per heavy atom. The van der Waals surface area contributed by atoms with E-state index in [1.54, 1.807) is 18.2 Å². The number of benzene rings is 2. The van der Waals surface area contributed by atoms with E-state index in [4.69, 9.17) is 4.74 Å². The second-order valence-corrected chi connectivity index (χ2v) is 10.9. The third kappa shape index (κ3) is 4.32. The van der Waals surface area contributed by atoms with E-state index in [2.05, 4.69) is 4.72 Å². The fourth-order valence-corrected chi connectivity index (χ4v) is 6.30. The molecule has 2 aliphatic rings. The van der Waals surface area contributed by atoms with Gasteiger partial charge in [-0.25, -0.2) is 16.8 Å². The Balaban J connectivity index is 1.59. The number of ether oxygens (including phenoxy) is 1. The molecule has 29 heavy (non-hydrogen) atoms. The van der Waals surface area contributed by atoms with E-state index in [0.717, 1.165) is 31.2 Å². The van der Waals surface area contributed by atoms with Gasteiger partial charge >= 0.3 is 0 Å². The van der Waals surface area contributed by atoms with Crippen molar-refractivity contribution in [1.82, 2.24) is 4.31 Å². The molecule has 7 nitrogen and oxygen atoms in total. The summed E-state index contributed by atoms with van der Waals surface area (Å²) in [6, 6.07) is 11.1. The molecule has 0 radical (unpaired) electrons. The maximum absolute atomic E-state index is 12.9. The van der Waals surface area contributed by atoms with Crippen molar-refractivity contribution < 1.29 is 21.6 Å². The van der Waals surface area contributed by atoms with Crippen LogP contribution in [0.15, 0.2) is 52.3 Å². The van der Waals surface area contributed by atoms with E-state index in [1.807, 2.05) is 6.07 Å². The molecular formula is C20H24N2O5S2. The predicted octanol–water partition coefficient (Wildman–Crippen LogP) is 2.39. The van der Waals surface area contributed by atoms with E-state index in [0.29, 0.717) is 13.2 Å². The van der Waals surface area contributed by atoms with Gasteiger partial charge < -0.3 is 4.74 Å². The summed E-state index contributed by atoms with van der Waals surface area (Å²) in [6.45, 7) is 1.27. The quantitative estimate of drug-likeness (QED) is 0.777. The molecule has 2 aromatic rings. The Bertz CT molecular complexity index is 1110. The Kier molecular flexibility index (Phi) is 5.65. The Hall–Kier alpha value is -1.94. The number of fused-ring (bicyclic) bond motifs is 1. The number of morpholine rings is 1. The number of rotatable bonds is 5. The van der Waals surface area contributed by atoms with Gasteiger partial charge in [-0.15, -0.1) is 0 Å². The highest BCUT2D eigenvalue weighted by atomic mass is 32.2. The molecule has 1 heterocycles. The van der Waals surface area contributed by atoms with Crippen molar-refractivity contribution in [3.63, 3.8) is 0 Å². The molecule has 1 aliphatic carbocycles. The predicted molar refractivity (Wildman–Crippen MR) is 110 cm³/mol.